The number of hydrogen-bond acceptors (Lipinski definition) is 7. The number of rotatable bonds is 7. The predicted molar refractivity (Wildman–Crippen MR) is 121 cm³/mol. The number of nitrogens with two attached hydrogens (primary N) is 1. The highest BCUT2D eigenvalue weighted by Gasteiger charge is 2.22. The van der Waals surface area contributed by atoms with Crippen LogP contribution < -0.4 is 15.9 Å². The number of nitrogens with zero attached hydrogens (tertiary/aromatic N) is 1. The molecule has 4 rings (SSSR count). The lowest BCUT2D eigenvalue weighted by Crippen LogP contribution is -2.47. The second kappa shape index (κ2) is 9.00. The molecule has 1 heterocycles. The second-order valence-electron chi connectivity index (χ2n) is 7.95. The maximum Gasteiger partial charge on any atom is 0.200 e. The van der Waals surface area contributed by atoms with E-state index in [1.54, 1.807) is 36.4 Å². The smallest absolute Gasteiger partial charge is 0.200 e. The number of hydrogen-bond donors (Lipinski definition) is 3. The lowest BCUT2D eigenvalue weighted by Gasteiger charge is -2.24. The number of fused-ring (bicyclic) bond motifs is 2. The number of aryl methyl sites for hydroxylation is 1. The second-order valence-corrected chi connectivity index (χ2v) is 7.95. The third-order valence-corrected chi connectivity index (χ3v) is 5.54. The summed E-state index contributed by atoms with van der Waals surface area (Å²) < 4.78 is 25.2. The normalized spacial score (nSPS) is 11.6. The number of nitriles is 1. The van der Waals surface area contributed by atoms with Gasteiger partial charge in [-0.15, -0.1) is 0 Å². The van der Waals surface area contributed by atoms with Crippen molar-refractivity contribution >= 4 is 21.9 Å². The first kappa shape index (κ1) is 22.4. The number of ether oxygens (including phenoxy) is 1. The zero-order valence-electron chi connectivity index (χ0n) is 17.5. The molecule has 0 atom stereocenters. The van der Waals surface area contributed by atoms with Gasteiger partial charge in [-0.1, -0.05) is 6.07 Å². The number of halogens is 1. The summed E-state index contributed by atoms with van der Waals surface area (Å²) in [6.45, 7) is -0.673. The van der Waals surface area contributed by atoms with Gasteiger partial charge in [0.1, 0.15) is 34.6 Å². The predicted octanol–water partition coefficient (Wildman–Crippen LogP) is 3.36. The minimum Gasteiger partial charge on any atom is -0.457 e. The molecule has 0 amide bonds. The Morgan fingerprint density at radius 3 is 2.45 bits per heavy atom. The monoisotopic (exact) mass is 448 g/mol. The lowest BCUT2D eigenvalue weighted by molar-refractivity contribution is 0.115. The van der Waals surface area contributed by atoms with E-state index in [0.29, 0.717) is 40.5 Å². The van der Waals surface area contributed by atoms with Crippen molar-refractivity contribution in [1.29, 1.82) is 5.26 Å². The van der Waals surface area contributed by atoms with E-state index >= 15 is 0 Å². The van der Waals surface area contributed by atoms with Crippen molar-refractivity contribution in [2.24, 2.45) is 5.73 Å². The molecule has 1 aromatic heterocycles. The first-order valence-electron chi connectivity index (χ1n) is 10.2. The van der Waals surface area contributed by atoms with Crippen LogP contribution in [0.15, 0.2) is 63.8 Å². The summed E-state index contributed by atoms with van der Waals surface area (Å²) in [5, 5.41) is 28.4. The van der Waals surface area contributed by atoms with Gasteiger partial charge in [0.2, 0.25) is 5.43 Å². The van der Waals surface area contributed by atoms with E-state index in [2.05, 4.69) is 0 Å². The van der Waals surface area contributed by atoms with Gasteiger partial charge in [0.15, 0.2) is 0 Å². The van der Waals surface area contributed by atoms with E-state index in [1.807, 2.05) is 0 Å². The van der Waals surface area contributed by atoms with Crippen LogP contribution in [-0.4, -0.2) is 29.0 Å². The molecule has 0 spiro atoms. The molecule has 33 heavy (non-hydrogen) atoms. The summed E-state index contributed by atoms with van der Waals surface area (Å²) in [6, 6.07) is 15.5. The Bertz CT molecular complexity index is 1440. The Labute approximate surface area is 188 Å². The number of benzene rings is 3. The van der Waals surface area contributed by atoms with E-state index in [0.717, 1.165) is 11.6 Å². The van der Waals surface area contributed by atoms with Gasteiger partial charge in [0.05, 0.1) is 35.1 Å². The Kier molecular flexibility index (Phi) is 6.11. The summed E-state index contributed by atoms with van der Waals surface area (Å²) in [6.07, 6.45) is 0.853. The average Bonchev–Trinajstić information content (AvgIpc) is 2.84. The van der Waals surface area contributed by atoms with Crippen molar-refractivity contribution in [2.45, 2.75) is 18.4 Å². The van der Waals surface area contributed by atoms with Crippen molar-refractivity contribution in [3.05, 3.63) is 81.8 Å². The average molecular weight is 448 g/mol. The van der Waals surface area contributed by atoms with E-state index in [1.165, 1.54) is 18.2 Å². The van der Waals surface area contributed by atoms with Crippen LogP contribution in [-0.2, 0) is 6.42 Å². The van der Waals surface area contributed by atoms with E-state index in [4.69, 9.17) is 20.1 Å². The Balaban J connectivity index is 1.66. The van der Waals surface area contributed by atoms with Crippen LogP contribution in [0.2, 0.25) is 0 Å². The van der Waals surface area contributed by atoms with E-state index in [-0.39, 0.29) is 30.0 Å². The van der Waals surface area contributed by atoms with Crippen molar-refractivity contribution in [2.75, 3.05) is 13.2 Å². The molecule has 0 aliphatic carbocycles. The fourth-order valence-electron chi connectivity index (χ4n) is 3.49. The van der Waals surface area contributed by atoms with Gasteiger partial charge >= 0.3 is 0 Å². The summed E-state index contributed by atoms with van der Waals surface area (Å²) >= 11 is 0. The van der Waals surface area contributed by atoms with Crippen LogP contribution in [0.1, 0.15) is 17.5 Å². The summed E-state index contributed by atoms with van der Waals surface area (Å²) in [5.41, 5.74) is 6.11. The topological polar surface area (TPSA) is 130 Å². The fraction of sp³-hybridized carbons (Fsp3) is 0.200. The molecule has 7 nitrogen and oxygen atoms in total. The first-order valence-corrected chi connectivity index (χ1v) is 10.2. The maximum absolute atomic E-state index is 13.5. The summed E-state index contributed by atoms with van der Waals surface area (Å²) in [7, 11) is 0. The van der Waals surface area contributed by atoms with Crippen molar-refractivity contribution in [1.82, 2.24) is 0 Å². The SMILES string of the molecule is N#Cc1cc(Oc2ccc3oc4cc(CCC(N)(CO)CO)ccc4c(=O)c3c2)ccc1F. The lowest BCUT2D eigenvalue weighted by atomic mass is 9.93. The molecule has 0 fully saturated rings. The van der Waals surface area contributed by atoms with Crippen molar-refractivity contribution < 1.29 is 23.8 Å². The number of aliphatic hydroxyl groups excluding tert-OH is 2. The van der Waals surface area contributed by atoms with E-state index in [9.17, 15) is 19.4 Å². The van der Waals surface area contributed by atoms with E-state index < -0.39 is 11.4 Å². The molecule has 4 aromatic rings. The highest BCUT2D eigenvalue weighted by molar-refractivity contribution is 5.90. The molecule has 0 saturated heterocycles. The van der Waals surface area contributed by atoms with Crippen LogP contribution in [0.4, 0.5) is 4.39 Å². The molecule has 0 radical (unpaired) electrons. The summed E-state index contributed by atoms with van der Waals surface area (Å²) in [5.74, 6) is -0.0304. The van der Waals surface area contributed by atoms with Crippen LogP contribution >= 0.6 is 0 Å². The minimum absolute atomic E-state index is 0.139. The largest absolute Gasteiger partial charge is 0.457 e. The molecular weight excluding hydrogens is 427 g/mol. The van der Waals surface area contributed by atoms with Gasteiger partial charge in [-0.3, -0.25) is 4.79 Å². The van der Waals surface area contributed by atoms with Crippen LogP contribution in [0.25, 0.3) is 21.9 Å². The van der Waals surface area contributed by atoms with Gasteiger partial charge in [-0.05, 0) is 60.9 Å². The zero-order chi connectivity index (χ0) is 23.6. The molecule has 168 valence electrons. The fourth-order valence-corrected chi connectivity index (χ4v) is 3.49. The highest BCUT2D eigenvalue weighted by atomic mass is 19.1. The molecule has 0 bridgehead atoms. The van der Waals surface area contributed by atoms with Crippen LogP contribution in [0.5, 0.6) is 11.5 Å². The molecule has 3 aromatic carbocycles. The number of aliphatic hydroxyl groups is 2. The first-order chi connectivity index (χ1) is 15.9. The quantitative estimate of drug-likeness (QED) is 0.370. The van der Waals surface area contributed by atoms with Crippen LogP contribution in [0.3, 0.4) is 0 Å². The van der Waals surface area contributed by atoms with Gasteiger partial charge in [0, 0.05) is 6.07 Å². The van der Waals surface area contributed by atoms with Gasteiger partial charge < -0.3 is 25.1 Å². The molecular formula is C25H21FN2O5. The van der Waals surface area contributed by atoms with Crippen molar-refractivity contribution in [3.8, 4) is 17.6 Å². The maximum atomic E-state index is 13.5. The molecule has 0 aliphatic heterocycles. The van der Waals surface area contributed by atoms with Crippen molar-refractivity contribution in [3.63, 3.8) is 0 Å². The molecule has 0 aliphatic rings. The Morgan fingerprint density at radius 2 is 1.73 bits per heavy atom. The van der Waals surface area contributed by atoms with Gasteiger partial charge in [-0.2, -0.15) is 5.26 Å². The molecule has 0 unspecified atom stereocenters. The third-order valence-electron chi connectivity index (χ3n) is 5.54. The minimum atomic E-state index is -1.08. The Morgan fingerprint density at radius 1 is 1.00 bits per heavy atom. The molecule has 8 heteroatoms. The Hall–Kier alpha value is -3.77. The standard InChI is InChI=1S/C25H21FN2O5/c26-21-5-2-17(10-16(21)12-27)32-18-3-6-22-20(11-18)24(31)19-4-1-15(9-23(19)33-22)7-8-25(28,13-29)14-30/h1-6,9-11,29-30H,7-8,13-14,28H2. The zero-order valence-corrected chi connectivity index (χ0v) is 17.5. The molecule has 0 saturated carbocycles. The van der Waals surface area contributed by atoms with Gasteiger partial charge in [0.25, 0.3) is 0 Å². The van der Waals surface area contributed by atoms with Crippen LogP contribution in [0, 0.1) is 17.1 Å². The highest BCUT2D eigenvalue weighted by Crippen LogP contribution is 2.28. The summed E-state index contributed by atoms with van der Waals surface area (Å²) in [4.78, 5) is 13.1. The van der Waals surface area contributed by atoms with Gasteiger partial charge in [-0.25, -0.2) is 4.39 Å². The molecule has 4 N–H and O–H groups in total. The third kappa shape index (κ3) is 4.56.